The fourth-order valence-electron chi connectivity index (χ4n) is 3.61. The van der Waals surface area contributed by atoms with Crippen molar-refractivity contribution < 1.29 is 43.3 Å². The Morgan fingerprint density at radius 1 is 1.10 bits per heavy atom. The van der Waals surface area contributed by atoms with E-state index in [1.165, 1.54) is 19.1 Å². The van der Waals surface area contributed by atoms with Crippen molar-refractivity contribution in [3.05, 3.63) is 35.9 Å². The highest BCUT2D eigenvalue weighted by atomic mass is 32.5. The van der Waals surface area contributed by atoms with Crippen molar-refractivity contribution >= 4 is 22.1 Å². The molecule has 2 aliphatic rings. The number of nitrogens with zero attached hydrogens (tertiary/aromatic N) is 2. The Morgan fingerprint density at radius 3 is 2.26 bits per heavy atom. The van der Waals surface area contributed by atoms with Gasteiger partial charge in [-0.1, -0.05) is 49.8 Å². The predicted molar refractivity (Wildman–Crippen MR) is 102 cm³/mol. The van der Waals surface area contributed by atoms with E-state index < -0.39 is 46.0 Å². The van der Waals surface area contributed by atoms with Crippen molar-refractivity contribution in [2.75, 3.05) is 32.9 Å². The first-order valence-corrected chi connectivity index (χ1v) is 11.6. The van der Waals surface area contributed by atoms with Gasteiger partial charge in [0.15, 0.2) is 17.4 Å². The molecule has 1 aromatic carbocycles. The number of carbonyl (C=O) groups excluding carboxylic acids is 2. The second kappa shape index (κ2) is 7.87. The highest BCUT2D eigenvalue weighted by molar-refractivity contribution is 8.46. The van der Waals surface area contributed by atoms with Gasteiger partial charge in [0.25, 0.3) is 16.1 Å². The molecule has 0 aromatic heterocycles. The van der Waals surface area contributed by atoms with Gasteiger partial charge >= 0.3 is 5.97 Å². The lowest BCUT2D eigenvalue weighted by Gasteiger charge is -2.48. The third-order valence-electron chi connectivity index (χ3n) is 4.96. The van der Waals surface area contributed by atoms with Crippen LogP contribution >= 0.6 is 10.2 Å². The number of hydrogen-bond acceptors (Lipinski definition) is 6. The second-order valence-electron chi connectivity index (χ2n) is 7.21. The van der Waals surface area contributed by atoms with E-state index in [1.807, 2.05) is 0 Å². The monoisotopic (exact) mass is 474 g/mol. The van der Waals surface area contributed by atoms with E-state index in [0.29, 0.717) is 10.6 Å². The molecular weight excluding hydrogens is 451 g/mol. The minimum absolute atomic E-state index is 0.0502. The lowest BCUT2D eigenvalue weighted by molar-refractivity contribution is -0.194. The number of rotatable bonds is 6. The summed E-state index contributed by atoms with van der Waals surface area (Å²) in [7, 11) is -10.4. The summed E-state index contributed by atoms with van der Waals surface area (Å²) in [5.41, 5.74) is 0.400. The SMILES string of the molecule is CCOC(=O)[C@H]1[C@@H](S(F)(F)(F)(F)F)[C@H](C(=O)N2CCOCC2)ON1Cc1ccccc1. The smallest absolute Gasteiger partial charge is 0.327 e. The zero-order valence-corrected chi connectivity index (χ0v) is 17.4. The van der Waals surface area contributed by atoms with Gasteiger partial charge in [0.2, 0.25) is 0 Å². The van der Waals surface area contributed by atoms with Crippen LogP contribution in [0.15, 0.2) is 30.3 Å². The van der Waals surface area contributed by atoms with Crippen molar-refractivity contribution in [3.8, 4) is 0 Å². The third kappa shape index (κ3) is 5.45. The quantitative estimate of drug-likeness (QED) is 0.466. The first-order chi connectivity index (χ1) is 14.3. The average molecular weight is 474 g/mol. The van der Waals surface area contributed by atoms with Crippen molar-refractivity contribution in [1.82, 2.24) is 9.96 Å². The van der Waals surface area contributed by atoms with E-state index in [2.05, 4.69) is 4.74 Å². The maximum atomic E-state index is 14.2. The van der Waals surface area contributed by atoms with Crippen LogP contribution in [0.25, 0.3) is 0 Å². The highest BCUT2D eigenvalue weighted by Crippen LogP contribution is 3.01. The van der Waals surface area contributed by atoms with Crippen LogP contribution in [-0.2, 0) is 30.4 Å². The van der Waals surface area contributed by atoms with Crippen LogP contribution in [0.3, 0.4) is 0 Å². The van der Waals surface area contributed by atoms with Crippen LogP contribution in [0.1, 0.15) is 12.5 Å². The molecule has 0 spiro atoms. The van der Waals surface area contributed by atoms with Crippen LogP contribution in [0.5, 0.6) is 0 Å². The molecule has 13 heteroatoms. The van der Waals surface area contributed by atoms with Crippen LogP contribution in [0.4, 0.5) is 19.4 Å². The number of esters is 1. The molecule has 31 heavy (non-hydrogen) atoms. The zero-order chi connectivity index (χ0) is 22.9. The molecule has 176 valence electrons. The summed E-state index contributed by atoms with van der Waals surface area (Å²) >= 11 is 0. The van der Waals surface area contributed by atoms with Crippen molar-refractivity contribution in [3.63, 3.8) is 0 Å². The van der Waals surface area contributed by atoms with E-state index in [0.717, 1.165) is 4.90 Å². The molecule has 1 amide bonds. The number of ether oxygens (including phenoxy) is 2. The Morgan fingerprint density at radius 2 is 1.71 bits per heavy atom. The molecule has 0 radical (unpaired) electrons. The van der Waals surface area contributed by atoms with Crippen molar-refractivity contribution in [1.29, 1.82) is 0 Å². The van der Waals surface area contributed by atoms with E-state index >= 15 is 0 Å². The molecule has 3 rings (SSSR count). The summed E-state index contributed by atoms with van der Waals surface area (Å²) in [6, 6.07) is 5.34. The molecule has 3 atom stereocenters. The molecule has 0 aliphatic carbocycles. The number of benzene rings is 1. The van der Waals surface area contributed by atoms with Gasteiger partial charge in [-0.05, 0) is 12.5 Å². The number of carbonyl (C=O) groups is 2. The maximum Gasteiger partial charge on any atom is 0.327 e. The third-order valence-corrected chi connectivity index (χ3v) is 6.49. The van der Waals surface area contributed by atoms with Crippen LogP contribution in [-0.4, -0.2) is 72.1 Å². The van der Waals surface area contributed by atoms with Gasteiger partial charge in [-0.15, -0.1) is 0 Å². The average Bonchev–Trinajstić information content (AvgIpc) is 3.08. The highest BCUT2D eigenvalue weighted by Gasteiger charge is 2.80. The predicted octanol–water partition coefficient (Wildman–Crippen LogP) is 3.26. The van der Waals surface area contributed by atoms with Gasteiger partial charge < -0.3 is 14.4 Å². The van der Waals surface area contributed by atoms with Gasteiger partial charge in [-0.3, -0.25) is 14.4 Å². The fraction of sp³-hybridized carbons (Fsp3) is 0.556. The van der Waals surface area contributed by atoms with Gasteiger partial charge in [-0.25, -0.2) is 0 Å². The van der Waals surface area contributed by atoms with Gasteiger partial charge in [0.1, 0.15) is 0 Å². The summed E-state index contributed by atoms with van der Waals surface area (Å²) in [6.07, 6.45) is -2.62. The summed E-state index contributed by atoms with van der Waals surface area (Å²) in [6.45, 7) is 0.525. The number of morpholine rings is 1. The first-order valence-electron chi connectivity index (χ1n) is 9.55. The van der Waals surface area contributed by atoms with Crippen LogP contribution < -0.4 is 0 Å². The Balaban J connectivity index is 2.03. The van der Waals surface area contributed by atoms with Gasteiger partial charge in [0, 0.05) is 13.1 Å². The Kier molecular flexibility index (Phi) is 6.02. The molecule has 2 saturated heterocycles. The number of amides is 1. The van der Waals surface area contributed by atoms with E-state index in [1.54, 1.807) is 18.2 Å². The standard InChI is InChI=1S/C18H23F5N2O5S/c1-2-29-18(27)14-16(31(19,20,21,22)23)15(17(26)24-8-10-28-11-9-24)30-25(14)12-13-6-4-3-5-7-13/h3-7,14-16H,2,8-12H2,1H3/t14-,15-,16-/m1/s1. The summed E-state index contributed by atoms with van der Waals surface area (Å²) < 4.78 is 80.5. The number of hydrogen-bond donors (Lipinski definition) is 0. The molecule has 0 N–H and O–H groups in total. The van der Waals surface area contributed by atoms with Gasteiger partial charge in [0.05, 0.1) is 26.4 Å². The topological polar surface area (TPSA) is 68.3 Å². The van der Waals surface area contributed by atoms with Crippen molar-refractivity contribution in [2.45, 2.75) is 30.9 Å². The molecule has 2 heterocycles. The van der Waals surface area contributed by atoms with Crippen molar-refractivity contribution in [2.24, 2.45) is 0 Å². The molecule has 2 fully saturated rings. The largest absolute Gasteiger partial charge is 0.465 e. The Labute approximate surface area is 175 Å². The molecule has 1 aromatic rings. The van der Waals surface area contributed by atoms with E-state index in [4.69, 9.17) is 9.57 Å². The molecule has 7 nitrogen and oxygen atoms in total. The minimum Gasteiger partial charge on any atom is -0.465 e. The molecule has 0 bridgehead atoms. The molecule has 2 aliphatic heterocycles. The van der Waals surface area contributed by atoms with Gasteiger partial charge in [-0.2, -0.15) is 5.06 Å². The number of halogens is 5. The summed E-state index contributed by atoms with van der Waals surface area (Å²) in [5.74, 6) is -2.81. The normalized spacial score (nSPS) is 27.4. The van der Waals surface area contributed by atoms with Crippen LogP contribution in [0.2, 0.25) is 0 Å². The lowest BCUT2D eigenvalue weighted by Crippen LogP contribution is -2.54. The molecule has 0 unspecified atom stereocenters. The maximum absolute atomic E-state index is 14.2. The zero-order valence-electron chi connectivity index (χ0n) is 16.6. The molecular formula is C18H23F5N2O5S. The lowest BCUT2D eigenvalue weighted by atomic mass is 10.1. The molecule has 0 saturated carbocycles. The summed E-state index contributed by atoms with van der Waals surface area (Å²) in [4.78, 5) is 31.4. The summed E-state index contributed by atoms with van der Waals surface area (Å²) in [5, 5.41) is -3.17. The second-order valence-corrected chi connectivity index (χ2v) is 9.82. The number of hydroxylamine groups is 2. The minimum atomic E-state index is -10.4. The Bertz CT molecular complexity index is 820. The first kappa shape index (κ1) is 23.7. The fourth-order valence-corrected chi connectivity index (χ4v) is 4.97. The van der Waals surface area contributed by atoms with E-state index in [9.17, 15) is 29.0 Å². The van der Waals surface area contributed by atoms with Crippen LogP contribution in [0, 0.1) is 0 Å². The van der Waals surface area contributed by atoms with E-state index in [-0.39, 0.29) is 32.9 Å². The Hall–Kier alpha value is -1.96.